The Morgan fingerprint density at radius 1 is 0.933 bits per heavy atom. The molecule has 0 spiro atoms. The molecule has 0 saturated carbocycles. The molecule has 3 rings (SSSR count). The van der Waals surface area contributed by atoms with Crippen molar-refractivity contribution in [3.05, 3.63) is 76.0 Å². The van der Waals surface area contributed by atoms with Crippen molar-refractivity contribution in [2.24, 2.45) is 0 Å². The van der Waals surface area contributed by atoms with Gasteiger partial charge < -0.3 is 10.1 Å². The number of amides is 1. The molecule has 0 unspecified atom stereocenters. The fourth-order valence-corrected chi connectivity index (χ4v) is 4.07. The van der Waals surface area contributed by atoms with Crippen LogP contribution in [0.3, 0.4) is 0 Å². The summed E-state index contributed by atoms with van der Waals surface area (Å²) in [5.41, 5.74) is 3.15. The van der Waals surface area contributed by atoms with Crippen LogP contribution in [0.15, 0.2) is 60.7 Å². The summed E-state index contributed by atoms with van der Waals surface area (Å²) in [7, 11) is 0. The van der Waals surface area contributed by atoms with Crippen molar-refractivity contribution < 1.29 is 19.1 Å². The number of rotatable bonds is 8. The topological polar surface area (TPSA) is 72.5 Å². The van der Waals surface area contributed by atoms with Gasteiger partial charge in [-0.05, 0) is 31.5 Å². The largest absolute Gasteiger partial charge is 0.456 e. The van der Waals surface area contributed by atoms with Gasteiger partial charge in [-0.3, -0.25) is 14.4 Å². The molecule has 0 fully saturated rings. The lowest BCUT2D eigenvalue weighted by Crippen LogP contribution is -2.21. The third-order valence-corrected chi connectivity index (χ3v) is 5.51. The Hall–Kier alpha value is -3.25. The third-order valence-electron chi connectivity index (χ3n) is 4.55. The monoisotopic (exact) mass is 421 g/mol. The summed E-state index contributed by atoms with van der Waals surface area (Å²) in [6.07, 6.45) is 0.00928. The minimum atomic E-state index is -0.570. The van der Waals surface area contributed by atoms with Crippen LogP contribution in [-0.2, 0) is 14.3 Å². The summed E-state index contributed by atoms with van der Waals surface area (Å²) in [5.74, 6) is -1.09. The highest BCUT2D eigenvalue weighted by Gasteiger charge is 2.15. The number of aryl methyl sites for hydroxylation is 2. The first-order valence-electron chi connectivity index (χ1n) is 9.64. The Balaban J connectivity index is 1.50. The van der Waals surface area contributed by atoms with Gasteiger partial charge in [-0.1, -0.05) is 48.5 Å². The van der Waals surface area contributed by atoms with E-state index in [0.29, 0.717) is 11.3 Å². The number of thiophene rings is 1. The van der Waals surface area contributed by atoms with E-state index in [4.69, 9.17) is 4.74 Å². The van der Waals surface area contributed by atoms with E-state index in [1.165, 1.54) is 0 Å². The molecular formula is C24H23NO4S. The van der Waals surface area contributed by atoms with E-state index in [2.05, 4.69) is 5.32 Å². The lowest BCUT2D eigenvalue weighted by molar-refractivity contribution is -0.147. The molecule has 3 aromatic rings. The van der Waals surface area contributed by atoms with Crippen LogP contribution in [0.1, 0.15) is 33.0 Å². The molecular weight excluding hydrogens is 398 g/mol. The van der Waals surface area contributed by atoms with Crippen LogP contribution in [0, 0.1) is 13.8 Å². The fraction of sp³-hybridized carbons (Fsp3) is 0.208. The van der Waals surface area contributed by atoms with E-state index in [-0.39, 0.29) is 18.6 Å². The minimum Gasteiger partial charge on any atom is -0.456 e. The zero-order valence-corrected chi connectivity index (χ0v) is 17.8. The average molecular weight is 422 g/mol. The number of hydrogen-bond donors (Lipinski definition) is 1. The Morgan fingerprint density at radius 3 is 2.33 bits per heavy atom. The van der Waals surface area contributed by atoms with Gasteiger partial charge in [0.15, 0.2) is 12.4 Å². The highest BCUT2D eigenvalue weighted by Crippen LogP contribution is 2.27. The number of para-hydroxylation sites is 1. The number of hydrogen-bond acceptors (Lipinski definition) is 5. The van der Waals surface area contributed by atoms with E-state index in [1.54, 1.807) is 17.4 Å². The molecule has 0 radical (unpaired) electrons. The Bertz CT molecular complexity index is 1060. The predicted molar refractivity (Wildman–Crippen MR) is 119 cm³/mol. The summed E-state index contributed by atoms with van der Waals surface area (Å²) in [4.78, 5) is 38.5. The molecule has 0 bridgehead atoms. The first-order valence-corrected chi connectivity index (χ1v) is 10.5. The van der Waals surface area contributed by atoms with E-state index in [9.17, 15) is 14.4 Å². The number of ketones is 1. The second-order valence-corrected chi connectivity index (χ2v) is 8.33. The van der Waals surface area contributed by atoms with Crippen LogP contribution in [0.4, 0.5) is 5.69 Å². The summed E-state index contributed by atoms with van der Waals surface area (Å²) in [6.45, 7) is 3.44. The molecule has 5 nitrogen and oxygen atoms in total. The molecule has 1 amide bonds. The average Bonchev–Trinajstić information content (AvgIpc) is 3.09. The van der Waals surface area contributed by atoms with Crippen molar-refractivity contribution in [1.82, 2.24) is 0 Å². The normalized spacial score (nSPS) is 10.5. The van der Waals surface area contributed by atoms with Crippen LogP contribution in [0.5, 0.6) is 0 Å². The van der Waals surface area contributed by atoms with Crippen molar-refractivity contribution in [3.63, 3.8) is 0 Å². The summed E-state index contributed by atoms with van der Waals surface area (Å²) in [5, 5.41) is 2.78. The molecule has 1 N–H and O–H groups in total. The molecule has 6 heteroatoms. The first-order chi connectivity index (χ1) is 14.4. The molecule has 154 valence electrons. The maximum atomic E-state index is 12.3. The van der Waals surface area contributed by atoms with Gasteiger partial charge in [0.2, 0.25) is 0 Å². The van der Waals surface area contributed by atoms with Crippen molar-refractivity contribution in [2.75, 3.05) is 11.9 Å². The number of ether oxygens (including phenoxy) is 1. The molecule has 1 aromatic heterocycles. The Kier molecular flexibility index (Phi) is 7.14. The van der Waals surface area contributed by atoms with Crippen LogP contribution < -0.4 is 5.32 Å². The maximum Gasteiger partial charge on any atom is 0.306 e. The number of carbonyl (C=O) groups is 3. The molecule has 0 saturated heterocycles. The van der Waals surface area contributed by atoms with E-state index in [0.717, 1.165) is 20.9 Å². The summed E-state index contributed by atoms with van der Waals surface area (Å²) in [6, 6.07) is 19.0. The van der Waals surface area contributed by atoms with Crippen molar-refractivity contribution >= 4 is 34.7 Å². The van der Waals surface area contributed by atoms with Crippen LogP contribution in [0.25, 0.3) is 11.1 Å². The quantitative estimate of drug-likeness (QED) is 0.402. The Morgan fingerprint density at radius 2 is 1.63 bits per heavy atom. The third kappa shape index (κ3) is 5.64. The molecule has 0 atom stereocenters. The number of anilines is 1. The molecule has 0 aliphatic heterocycles. The number of carbonyl (C=O) groups excluding carboxylic acids is 3. The van der Waals surface area contributed by atoms with Gasteiger partial charge >= 0.3 is 5.97 Å². The molecule has 0 aliphatic carbocycles. The van der Waals surface area contributed by atoms with Crippen molar-refractivity contribution in [1.29, 1.82) is 0 Å². The van der Waals surface area contributed by atoms with Gasteiger partial charge in [-0.15, -0.1) is 11.3 Å². The number of nitrogens with one attached hydrogen (secondary N) is 1. The maximum absolute atomic E-state index is 12.3. The first kappa shape index (κ1) is 21.5. The second-order valence-electron chi connectivity index (χ2n) is 6.87. The van der Waals surface area contributed by atoms with Crippen LogP contribution in [-0.4, -0.2) is 24.3 Å². The molecule has 0 aliphatic rings. The zero-order chi connectivity index (χ0) is 21.5. The smallest absolute Gasteiger partial charge is 0.306 e. The highest BCUT2D eigenvalue weighted by molar-refractivity contribution is 7.12. The minimum absolute atomic E-state index is 0.0545. The zero-order valence-electron chi connectivity index (χ0n) is 16.9. The van der Waals surface area contributed by atoms with Gasteiger partial charge in [-0.2, -0.15) is 0 Å². The SMILES string of the molecule is Cc1cc(C(=O)CCC(=O)OCC(=O)Nc2ccccc2-c2ccccc2)c(C)s1. The van der Waals surface area contributed by atoms with Crippen molar-refractivity contribution in [2.45, 2.75) is 26.7 Å². The van der Waals surface area contributed by atoms with Crippen LogP contribution in [0.2, 0.25) is 0 Å². The number of esters is 1. The standard InChI is InChI=1S/C24H23NO4S/c1-16-14-20(17(2)30-16)22(26)12-13-24(28)29-15-23(27)25-21-11-7-6-10-19(21)18-8-4-3-5-9-18/h3-11,14H,12-13,15H2,1-2H3,(H,25,27). The summed E-state index contributed by atoms with van der Waals surface area (Å²) >= 11 is 1.56. The van der Waals surface area contributed by atoms with E-state index >= 15 is 0 Å². The summed E-state index contributed by atoms with van der Waals surface area (Å²) < 4.78 is 5.04. The number of benzene rings is 2. The fourth-order valence-electron chi connectivity index (χ4n) is 3.12. The van der Waals surface area contributed by atoms with Gasteiger partial charge in [0.1, 0.15) is 0 Å². The van der Waals surface area contributed by atoms with Gasteiger partial charge in [0.05, 0.1) is 6.42 Å². The lowest BCUT2D eigenvalue weighted by atomic mass is 10.0. The molecule has 30 heavy (non-hydrogen) atoms. The van der Waals surface area contributed by atoms with Crippen molar-refractivity contribution in [3.8, 4) is 11.1 Å². The molecule has 2 aromatic carbocycles. The van der Waals surface area contributed by atoms with E-state index < -0.39 is 18.5 Å². The van der Waals surface area contributed by atoms with Gasteiger partial charge in [-0.25, -0.2) is 0 Å². The van der Waals surface area contributed by atoms with Crippen LogP contribution >= 0.6 is 11.3 Å². The molecule has 1 heterocycles. The van der Waals surface area contributed by atoms with Gasteiger partial charge in [0, 0.05) is 33.0 Å². The highest BCUT2D eigenvalue weighted by atomic mass is 32.1. The second kappa shape index (κ2) is 9.98. The van der Waals surface area contributed by atoms with Gasteiger partial charge in [0.25, 0.3) is 5.91 Å². The number of Topliss-reactive ketones (excluding diaryl/α,β-unsaturated/α-hetero) is 1. The predicted octanol–water partition coefficient (Wildman–Crippen LogP) is 5.18. The van der Waals surface area contributed by atoms with E-state index in [1.807, 2.05) is 68.4 Å². The lowest BCUT2D eigenvalue weighted by Gasteiger charge is -2.11. The Labute approximate surface area is 179 Å².